The van der Waals surface area contributed by atoms with E-state index in [2.05, 4.69) is 10.2 Å². The van der Waals surface area contributed by atoms with Gasteiger partial charge in [0.2, 0.25) is 0 Å². The summed E-state index contributed by atoms with van der Waals surface area (Å²) in [5.41, 5.74) is 1.49. The van der Waals surface area contributed by atoms with E-state index in [0.717, 1.165) is 12.1 Å². The van der Waals surface area contributed by atoms with Crippen LogP contribution in [-0.4, -0.2) is 33.3 Å². The van der Waals surface area contributed by atoms with E-state index in [4.69, 9.17) is 4.74 Å². The number of hydrogen-bond donors (Lipinski definition) is 1. The summed E-state index contributed by atoms with van der Waals surface area (Å²) >= 11 is 0. The SMILES string of the molecule is OC(c1cnn(-c2ccccc2)n1)C1CCOC1. The van der Waals surface area contributed by atoms with Crippen LogP contribution in [0.1, 0.15) is 18.2 Å². The highest BCUT2D eigenvalue weighted by Gasteiger charge is 2.27. The van der Waals surface area contributed by atoms with Crippen LogP contribution in [0.15, 0.2) is 36.5 Å². The van der Waals surface area contributed by atoms with Gasteiger partial charge in [-0.05, 0) is 18.6 Å². The maximum absolute atomic E-state index is 10.2. The van der Waals surface area contributed by atoms with Crippen LogP contribution in [0.4, 0.5) is 0 Å². The van der Waals surface area contributed by atoms with E-state index in [9.17, 15) is 5.11 Å². The summed E-state index contributed by atoms with van der Waals surface area (Å²) in [6.45, 7) is 1.31. The predicted octanol–water partition coefficient (Wildman–Crippen LogP) is 1.34. The molecule has 18 heavy (non-hydrogen) atoms. The van der Waals surface area contributed by atoms with Gasteiger partial charge in [0.1, 0.15) is 11.8 Å². The Balaban J connectivity index is 1.81. The minimum Gasteiger partial charge on any atom is -0.386 e. The summed E-state index contributed by atoms with van der Waals surface area (Å²) in [5, 5.41) is 18.7. The van der Waals surface area contributed by atoms with Crippen LogP contribution >= 0.6 is 0 Å². The molecule has 0 spiro atoms. The van der Waals surface area contributed by atoms with Crippen LogP contribution in [0.5, 0.6) is 0 Å². The first-order chi connectivity index (χ1) is 8.84. The molecule has 1 saturated heterocycles. The summed E-state index contributed by atoms with van der Waals surface area (Å²) in [5.74, 6) is 0.130. The Morgan fingerprint density at radius 1 is 1.33 bits per heavy atom. The van der Waals surface area contributed by atoms with Crippen molar-refractivity contribution in [2.45, 2.75) is 12.5 Å². The molecule has 3 rings (SSSR count). The largest absolute Gasteiger partial charge is 0.386 e. The second kappa shape index (κ2) is 4.88. The summed E-state index contributed by atoms with van der Waals surface area (Å²) < 4.78 is 5.28. The van der Waals surface area contributed by atoms with Crippen LogP contribution in [0.2, 0.25) is 0 Å². The van der Waals surface area contributed by atoms with E-state index < -0.39 is 6.10 Å². The topological polar surface area (TPSA) is 60.2 Å². The zero-order chi connectivity index (χ0) is 12.4. The molecule has 1 aromatic heterocycles. The minimum atomic E-state index is -0.593. The summed E-state index contributed by atoms with van der Waals surface area (Å²) in [7, 11) is 0. The van der Waals surface area contributed by atoms with Crippen molar-refractivity contribution in [2.75, 3.05) is 13.2 Å². The molecule has 1 aromatic carbocycles. The number of rotatable bonds is 3. The van der Waals surface area contributed by atoms with Gasteiger partial charge in [0, 0.05) is 12.5 Å². The molecule has 2 aromatic rings. The van der Waals surface area contributed by atoms with Crippen LogP contribution in [0.25, 0.3) is 5.69 Å². The predicted molar refractivity (Wildman–Crippen MR) is 65.2 cm³/mol. The van der Waals surface area contributed by atoms with E-state index >= 15 is 0 Å². The second-order valence-electron chi connectivity index (χ2n) is 4.46. The number of benzene rings is 1. The quantitative estimate of drug-likeness (QED) is 0.886. The van der Waals surface area contributed by atoms with Crippen molar-refractivity contribution in [1.82, 2.24) is 15.0 Å². The smallest absolute Gasteiger partial charge is 0.112 e. The van der Waals surface area contributed by atoms with Crippen LogP contribution in [0.3, 0.4) is 0 Å². The zero-order valence-electron chi connectivity index (χ0n) is 9.94. The lowest BCUT2D eigenvalue weighted by molar-refractivity contribution is 0.0882. The fraction of sp³-hybridized carbons (Fsp3) is 0.385. The molecule has 2 unspecified atom stereocenters. The van der Waals surface area contributed by atoms with Crippen molar-refractivity contribution in [2.24, 2.45) is 5.92 Å². The Bertz CT molecular complexity index is 506. The van der Waals surface area contributed by atoms with Crippen molar-refractivity contribution in [3.05, 3.63) is 42.2 Å². The Kier molecular flexibility index (Phi) is 3.08. The minimum absolute atomic E-state index is 0.130. The molecular weight excluding hydrogens is 230 g/mol. The van der Waals surface area contributed by atoms with Gasteiger partial charge < -0.3 is 9.84 Å². The fourth-order valence-corrected chi connectivity index (χ4v) is 2.14. The number of para-hydroxylation sites is 1. The molecule has 5 nitrogen and oxygen atoms in total. The highest BCUT2D eigenvalue weighted by molar-refractivity contribution is 5.28. The molecule has 0 bridgehead atoms. The van der Waals surface area contributed by atoms with Gasteiger partial charge in [-0.15, -0.1) is 0 Å². The third-order valence-corrected chi connectivity index (χ3v) is 3.21. The maximum Gasteiger partial charge on any atom is 0.112 e. The Labute approximate surface area is 105 Å². The van der Waals surface area contributed by atoms with Gasteiger partial charge in [0.25, 0.3) is 0 Å². The van der Waals surface area contributed by atoms with Crippen LogP contribution in [0, 0.1) is 5.92 Å². The normalized spacial score (nSPS) is 21.1. The molecule has 94 valence electrons. The first-order valence-corrected chi connectivity index (χ1v) is 6.08. The molecule has 0 radical (unpaired) electrons. The van der Waals surface area contributed by atoms with Gasteiger partial charge in [-0.2, -0.15) is 15.0 Å². The van der Waals surface area contributed by atoms with Gasteiger partial charge in [-0.1, -0.05) is 18.2 Å². The molecule has 1 N–H and O–H groups in total. The molecule has 0 aliphatic carbocycles. The number of hydrogen-bond acceptors (Lipinski definition) is 4. The zero-order valence-corrected chi connectivity index (χ0v) is 9.94. The van der Waals surface area contributed by atoms with E-state index in [1.165, 1.54) is 4.80 Å². The van der Waals surface area contributed by atoms with E-state index in [1.54, 1.807) is 6.20 Å². The molecule has 5 heteroatoms. The number of aliphatic hydroxyl groups is 1. The molecule has 0 saturated carbocycles. The number of aliphatic hydroxyl groups excluding tert-OH is 1. The van der Waals surface area contributed by atoms with E-state index in [0.29, 0.717) is 18.9 Å². The first-order valence-electron chi connectivity index (χ1n) is 6.08. The summed E-state index contributed by atoms with van der Waals surface area (Å²) in [6.07, 6.45) is 1.90. The highest BCUT2D eigenvalue weighted by Crippen LogP contribution is 2.27. The molecule has 1 aliphatic heterocycles. The van der Waals surface area contributed by atoms with Crippen molar-refractivity contribution in [3.63, 3.8) is 0 Å². The summed E-state index contributed by atoms with van der Waals surface area (Å²) in [6, 6.07) is 9.65. The first kappa shape index (κ1) is 11.4. The Morgan fingerprint density at radius 3 is 2.89 bits per heavy atom. The van der Waals surface area contributed by atoms with Gasteiger partial charge in [-0.3, -0.25) is 0 Å². The van der Waals surface area contributed by atoms with Crippen molar-refractivity contribution in [3.8, 4) is 5.69 Å². The highest BCUT2D eigenvalue weighted by atomic mass is 16.5. The lowest BCUT2D eigenvalue weighted by atomic mass is 10.00. The third-order valence-electron chi connectivity index (χ3n) is 3.21. The number of aromatic nitrogens is 3. The molecular formula is C13H15N3O2. The van der Waals surface area contributed by atoms with E-state index in [1.807, 2.05) is 30.3 Å². The third kappa shape index (κ3) is 2.14. The van der Waals surface area contributed by atoms with Gasteiger partial charge in [0.15, 0.2) is 0 Å². The molecule has 2 atom stereocenters. The van der Waals surface area contributed by atoms with Crippen LogP contribution in [-0.2, 0) is 4.74 Å². The number of ether oxygens (including phenoxy) is 1. The van der Waals surface area contributed by atoms with Crippen LogP contribution < -0.4 is 0 Å². The molecule has 1 fully saturated rings. The average Bonchev–Trinajstić information content (AvgIpc) is 3.10. The van der Waals surface area contributed by atoms with Gasteiger partial charge >= 0.3 is 0 Å². The monoisotopic (exact) mass is 245 g/mol. The lowest BCUT2D eigenvalue weighted by Crippen LogP contribution is -2.13. The van der Waals surface area contributed by atoms with Crippen molar-refractivity contribution in [1.29, 1.82) is 0 Å². The maximum atomic E-state index is 10.2. The van der Waals surface area contributed by atoms with Crippen molar-refractivity contribution >= 4 is 0 Å². The van der Waals surface area contributed by atoms with Gasteiger partial charge in [-0.25, -0.2) is 0 Å². The fourth-order valence-electron chi connectivity index (χ4n) is 2.14. The number of nitrogens with zero attached hydrogens (tertiary/aromatic N) is 3. The molecule has 1 aliphatic rings. The summed E-state index contributed by atoms with van der Waals surface area (Å²) in [4.78, 5) is 1.54. The molecule has 2 heterocycles. The standard InChI is InChI=1S/C13H15N3O2/c17-13(10-6-7-18-9-10)12-8-14-16(15-12)11-4-2-1-3-5-11/h1-5,8,10,13,17H,6-7,9H2. The second-order valence-corrected chi connectivity index (χ2v) is 4.46. The van der Waals surface area contributed by atoms with Crippen molar-refractivity contribution < 1.29 is 9.84 Å². The average molecular weight is 245 g/mol. The van der Waals surface area contributed by atoms with Gasteiger partial charge in [0.05, 0.1) is 18.5 Å². The van der Waals surface area contributed by atoms with E-state index in [-0.39, 0.29) is 5.92 Å². The Hall–Kier alpha value is -1.72. The molecule has 0 amide bonds. The lowest BCUT2D eigenvalue weighted by Gasteiger charge is -2.12. The Morgan fingerprint density at radius 2 is 2.17 bits per heavy atom.